The second-order valence-electron chi connectivity index (χ2n) is 10.9. The van der Waals surface area contributed by atoms with Crippen molar-refractivity contribution in [1.82, 2.24) is 9.97 Å². The summed E-state index contributed by atoms with van der Waals surface area (Å²) >= 11 is 26.4. The van der Waals surface area contributed by atoms with Crippen LogP contribution in [0.5, 0.6) is 5.75 Å². The van der Waals surface area contributed by atoms with Gasteiger partial charge in [-0.25, -0.2) is 14.4 Å². The molecule has 2 amide bonds. The van der Waals surface area contributed by atoms with Crippen molar-refractivity contribution in [2.75, 3.05) is 17.7 Å². The number of nitrogens with zero attached hydrogens (tertiary/aromatic N) is 2. The smallest absolute Gasteiger partial charge is 0.243 e. The highest BCUT2D eigenvalue weighted by molar-refractivity contribution is 8.00. The van der Waals surface area contributed by atoms with Gasteiger partial charge in [0.05, 0.1) is 17.2 Å². The Morgan fingerprint density at radius 1 is 0.564 bits per heavy atom. The Kier molecular flexibility index (Phi) is 18.9. The van der Waals surface area contributed by atoms with Gasteiger partial charge in [0.15, 0.2) is 0 Å². The maximum atomic E-state index is 13.1. The highest BCUT2D eigenvalue weighted by Gasteiger charge is 2.24. The molecule has 0 radical (unpaired) electrons. The molecule has 6 aromatic rings. The number of methoxy groups -OCH3 is 1. The minimum absolute atomic E-state index is 0. The fourth-order valence-electron chi connectivity index (χ4n) is 4.54. The molecule has 16 heteroatoms. The maximum absolute atomic E-state index is 13.1. The van der Waals surface area contributed by atoms with Crippen LogP contribution in [0.25, 0.3) is 0 Å². The Hall–Kier alpha value is -3.71. The van der Waals surface area contributed by atoms with E-state index in [2.05, 4.69) is 20.6 Å². The molecule has 0 aliphatic carbocycles. The van der Waals surface area contributed by atoms with Crippen molar-refractivity contribution in [3.05, 3.63) is 171 Å². The van der Waals surface area contributed by atoms with Gasteiger partial charge in [-0.05, 0) is 108 Å². The number of carbonyl (C=O) groups excluding carboxylic acids is 2. The van der Waals surface area contributed by atoms with Gasteiger partial charge in [-0.1, -0.05) is 70.7 Å². The van der Waals surface area contributed by atoms with Crippen molar-refractivity contribution in [2.45, 2.75) is 20.3 Å². The molecular formula is C39H31Cl6FN4O3S2. The van der Waals surface area contributed by atoms with Gasteiger partial charge >= 0.3 is 0 Å². The van der Waals surface area contributed by atoms with E-state index in [1.54, 1.807) is 79.9 Å². The molecule has 0 bridgehead atoms. The quantitative estimate of drug-likeness (QED) is 0.125. The monoisotopic (exact) mass is 896 g/mol. The van der Waals surface area contributed by atoms with Crippen LogP contribution in [0, 0.1) is 5.82 Å². The zero-order valence-corrected chi connectivity index (χ0v) is 34.8. The van der Waals surface area contributed by atoms with Crippen molar-refractivity contribution >= 4 is 118 Å². The molecule has 0 saturated heterocycles. The lowest BCUT2D eigenvalue weighted by Gasteiger charge is -2.17. The number of rotatable bonds is 11. The predicted octanol–water partition coefficient (Wildman–Crippen LogP) is 12.7. The van der Waals surface area contributed by atoms with E-state index in [-0.39, 0.29) is 42.4 Å². The first-order valence-electron chi connectivity index (χ1n) is 15.6. The number of anilines is 2. The molecule has 286 valence electrons. The summed E-state index contributed by atoms with van der Waals surface area (Å²) in [5, 5.41) is 6.77. The summed E-state index contributed by atoms with van der Waals surface area (Å²) < 4.78 is 18.3. The normalized spacial score (nSPS) is 11.3. The topological polar surface area (TPSA) is 93.2 Å². The standard InChI is InChI=1S/C20H16Cl2N2O2S.C19H13Cl2FN2OS.2ClH/c1-26-16-7-9-17(10-8-16)27-19(13-2-4-14(21)5-3-13)20(25)24-18-11-6-15(22)12-23-18;20-13-3-1-12(2-4-13)18(26-16-8-6-15(22)7-9-16)19(25)24-17-10-5-14(21)11-23-17;;/h2-12,19H,1H3,(H,23,24,25);1-11,18H,(H,23,24,25);2*1H. The lowest BCUT2D eigenvalue weighted by atomic mass is 10.1. The molecular weight excluding hydrogens is 868 g/mol. The second kappa shape index (κ2) is 22.7. The van der Waals surface area contributed by atoms with E-state index in [0.717, 1.165) is 26.7 Å². The summed E-state index contributed by atoms with van der Waals surface area (Å²) in [5.74, 6) is 0.839. The molecule has 2 unspecified atom stereocenters. The molecule has 2 N–H and O–H groups in total. The van der Waals surface area contributed by atoms with Crippen molar-refractivity contribution in [1.29, 1.82) is 0 Å². The first kappa shape index (κ1) is 45.7. The number of halogens is 7. The van der Waals surface area contributed by atoms with Crippen LogP contribution in [0.15, 0.2) is 144 Å². The van der Waals surface area contributed by atoms with Crippen molar-refractivity contribution in [3.63, 3.8) is 0 Å². The minimum atomic E-state index is -0.560. The number of ether oxygens (including phenoxy) is 1. The highest BCUT2D eigenvalue weighted by Crippen LogP contribution is 2.38. The van der Waals surface area contributed by atoms with E-state index in [0.29, 0.717) is 31.7 Å². The molecule has 0 aliphatic rings. The van der Waals surface area contributed by atoms with Crippen LogP contribution in [0.2, 0.25) is 20.1 Å². The number of pyridine rings is 2. The lowest BCUT2D eigenvalue weighted by Crippen LogP contribution is -2.19. The van der Waals surface area contributed by atoms with Crippen molar-refractivity contribution in [2.24, 2.45) is 0 Å². The SMILES string of the molecule is COc1ccc(SC(C(=O)Nc2ccc(Cl)cn2)c2ccc(Cl)cc2)cc1.Cl.Cl.O=C(Nc1ccc(Cl)cn1)C(Sc1ccc(F)cc1)c1ccc(Cl)cc1. The Morgan fingerprint density at radius 3 is 1.27 bits per heavy atom. The average molecular weight is 900 g/mol. The van der Waals surface area contributed by atoms with Gasteiger partial charge < -0.3 is 15.4 Å². The lowest BCUT2D eigenvalue weighted by molar-refractivity contribution is -0.116. The number of aromatic nitrogens is 2. The third-order valence-corrected chi connectivity index (χ3v) is 10.6. The first-order valence-corrected chi connectivity index (χ1v) is 18.9. The Morgan fingerprint density at radius 2 is 0.927 bits per heavy atom. The number of thioether (sulfide) groups is 2. The number of hydrogen-bond donors (Lipinski definition) is 2. The molecule has 2 atom stereocenters. The Balaban J connectivity index is 0.000000285. The molecule has 0 aliphatic heterocycles. The van der Waals surface area contributed by atoms with E-state index >= 15 is 0 Å². The summed E-state index contributed by atoms with van der Waals surface area (Å²) in [4.78, 5) is 35.7. The fraction of sp³-hybridized carbons (Fsp3) is 0.0769. The molecule has 6 rings (SSSR count). The Labute approximate surface area is 358 Å². The summed E-state index contributed by atoms with van der Waals surface area (Å²) in [6, 6.07) is 34.4. The van der Waals surface area contributed by atoms with Gasteiger partial charge in [0.2, 0.25) is 11.8 Å². The number of carbonyl (C=O) groups is 2. The maximum Gasteiger partial charge on any atom is 0.243 e. The molecule has 7 nitrogen and oxygen atoms in total. The predicted molar refractivity (Wildman–Crippen MR) is 230 cm³/mol. The van der Waals surface area contributed by atoms with E-state index in [1.807, 2.05) is 36.4 Å². The number of amides is 2. The molecule has 2 heterocycles. The number of benzene rings is 4. The molecule has 0 saturated carbocycles. The van der Waals surface area contributed by atoms with Gasteiger partial charge in [0.1, 0.15) is 33.7 Å². The van der Waals surface area contributed by atoms with Crippen LogP contribution < -0.4 is 15.4 Å². The number of hydrogen-bond acceptors (Lipinski definition) is 7. The average Bonchev–Trinajstić information content (AvgIpc) is 3.17. The zero-order chi connectivity index (χ0) is 37.7. The second-order valence-corrected chi connectivity index (χ2v) is 15.0. The zero-order valence-electron chi connectivity index (χ0n) is 28.5. The van der Waals surface area contributed by atoms with E-state index in [4.69, 9.17) is 51.1 Å². The number of nitrogens with one attached hydrogen (secondary N) is 2. The van der Waals surface area contributed by atoms with Crippen LogP contribution in [0.4, 0.5) is 16.0 Å². The van der Waals surface area contributed by atoms with Gasteiger partial charge in [-0.15, -0.1) is 48.3 Å². The van der Waals surface area contributed by atoms with Gasteiger partial charge in [0.25, 0.3) is 0 Å². The summed E-state index contributed by atoms with van der Waals surface area (Å²) in [6.07, 6.45) is 2.95. The van der Waals surface area contributed by atoms with Crippen LogP contribution in [0.1, 0.15) is 21.6 Å². The van der Waals surface area contributed by atoms with Crippen molar-refractivity contribution in [3.8, 4) is 5.75 Å². The molecule has 2 aromatic heterocycles. The van der Waals surface area contributed by atoms with E-state index in [9.17, 15) is 14.0 Å². The minimum Gasteiger partial charge on any atom is -0.497 e. The highest BCUT2D eigenvalue weighted by atomic mass is 35.5. The third kappa shape index (κ3) is 14.4. The van der Waals surface area contributed by atoms with Crippen LogP contribution >= 0.6 is 94.7 Å². The van der Waals surface area contributed by atoms with E-state index in [1.165, 1.54) is 48.1 Å². The third-order valence-electron chi connectivity index (χ3n) is 7.16. The van der Waals surface area contributed by atoms with Crippen LogP contribution in [-0.2, 0) is 9.59 Å². The summed E-state index contributed by atoms with van der Waals surface area (Å²) in [5.41, 5.74) is 1.61. The summed E-state index contributed by atoms with van der Waals surface area (Å²) in [7, 11) is 1.62. The molecule has 4 aromatic carbocycles. The summed E-state index contributed by atoms with van der Waals surface area (Å²) in [6.45, 7) is 0. The van der Waals surface area contributed by atoms with Gasteiger partial charge in [0, 0.05) is 32.2 Å². The van der Waals surface area contributed by atoms with Crippen LogP contribution in [0.3, 0.4) is 0 Å². The van der Waals surface area contributed by atoms with Gasteiger partial charge in [-0.3, -0.25) is 9.59 Å². The first-order chi connectivity index (χ1) is 25.6. The Bertz CT molecular complexity index is 2100. The van der Waals surface area contributed by atoms with E-state index < -0.39 is 10.5 Å². The van der Waals surface area contributed by atoms with Crippen LogP contribution in [-0.4, -0.2) is 28.9 Å². The van der Waals surface area contributed by atoms with Crippen molar-refractivity contribution < 1.29 is 18.7 Å². The largest absolute Gasteiger partial charge is 0.497 e. The van der Waals surface area contributed by atoms with Gasteiger partial charge in [-0.2, -0.15) is 0 Å². The molecule has 55 heavy (non-hydrogen) atoms. The fourth-order valence-corrected chi connectivity index (χ4v) is 7.07. The molecule has 0 spiro atoms. The molecule has 0 fully saturated rings.